The third-order valence-corrected chi connectivity index (χ3v) is 6.38. The third-order valence-electron chi connectivity index (χ3n) is 6.38. The molecular formula is C35H35ClN2O4. The summed E-state index contributed by atoms with van der Waals surface area (Å²) in [7, 11) is 4.24. The van der Waals surface area contributed by atoms with Crippen LogP contribution in [0.2, 0.25) is 0 Å². The molecule has 2 N–H and O–H groups in total. The number of para-hydroxylation sites is 1. The van der Waals surface area contributed by atoms with Gasteiger partial charge in [0.15, 0.2) is 0 Å². The molecule has 1 amide bonds. The van der Waals surface area contributed by atoms with Gasteiger partial charge < -0.3 is 20.1 Å². The molecule has 0 aromatic heterocycles. The molecule has 0 heterocycles. The maximum atomic E-state index is 11.8. The lowest BCUT2D eigenvalue weighted by Gasteiger charge is -2.13. The van der Waals surface area contributed by atoms with Crippen LogP contribution in [0.15, 0.2) is 103 Å². The van der Waals surface area contributed by atoms with Crippen LogP contribution in [0.1, 0.15) is 46.0 Å². The first-order chi connectivity index (χ1) is 19.8. The molecule has 0 atom stereocenters. The van der Waals surface area contributed by atoms with Gasteiger partial charge in [0.25, 0.3) is 0 Å². The van der Waals surface area contributed by atoms with Gasteiger partial charge in [-0.1, -0.05) is 78.9 Å². The number of carbonyl (C=O) groups is 2. The Balaban J connectivity index is 0.000000225. The minimum absolute atomic E-state index is 0. The summed E-state index contributed by atoms with van der Waals surface area (Å²) in [6.45, 7) is 2.48. The summed E-state index contributed by atoms with van der Waals surface area (Å²) < 4.78 is 5.13. The fourth-order valence-electron chi connectivity index (χ4n) is 4.40. The summed E-state index contributed by atoms with van der Waals surface area (Å²) in [6, 6.07) is 29.8. The van der Waals surface area contributed by atoms with E-state index in [-0.39, 0.29) is 29.6 Å². The number of anilines is 1. The number of nitrogens with one attached hydrogen (secondary N) is 1. The van der Waals surface area contributed by atoms with Gasteiger partial charge in [-0.25, -0.2) is 4.79 Å². The number of hydrogen-bond acceptors (Lipinski definition) is 5. The van der Waals surface area contributed by atoms with Crippen LogP contribution in [0.5, 0.6) is 11.5 Å². The number of phenolic OH excluding ortho intramolecular Hbond substituents is 1. The highest BCUT2D eigenvalue weighted by molar-refractivity contribution is 5.94. The number of aromatic hydroxyl groups is 1. The standard InChI is InChI=1S/C20H21N.C15H13NO4.ClH/c1-21(2)15-7-12-20-18-10-5-3-8-16(18)13-14-17-9-4-6-11-19(17)20;1-10(17)16-11-6-8-12(9-7-11)20-15(19)13-4-2-3-5-14(13)18;/h3-6,8-14H,7,15H2,1-2H3;2-9,18H,1H3,(H,16,17);1H. The number of phenols is 1. The maximum Gasteiger partial charge on any atom is 0.347 e. The maximum absolute atomic E-state index is 11.8. The van der Waals surface area contributed by atoms with Crippen LogP contribution < -0.4 is 10.1 Å². The van der Waals surface area contributed by atoms with Crippen LogP contribution >= 0.6 is 12.4 Å². The number of esters is 1. The Labute approximate surface area is 253 Å². The minimum atomic E-state index is -0.643. The second-order valence-corrected chi connectivity index (χ2v) is 9.83. The molecule has 7 heteroatoms. The molecule has 4 aromatic carbocycles. The predicted octanol–water partition coefficient (Wildman–Crippen LogP) is 7.55. The average molecular weight is 583 g/mol. The molecule has 0 spiro atoms. The second kappa shape index (κ2) is 15.4. The van der Waals surface area contributed by atoms with Crippen molar-refractivity contribution in [2.24, 2.45) is 0 Å². The summed E-state index contributed by atoms with van der Waals surface area (Å²) >= 11 is 0. The van der Waals surface area contributed by atoms with Crippen molar-refractivity contribution >= 4 is 47.7 Å². The van der Waals surface area contributed by atoms with Crippen molar-refractivity contribution in [3.05, 3.63) is 131 Å². The SMILES string of the molecule is CC(=O)Nc1ccc(OC(=O)c2ccccc2O)cc1.CN(C)CCC=C1c2ccccc2C=Cc2ccccc21.Cl. The van der Waals surface area contributed by atoms with Crippen LogP contribution in [-0.4, -0.2) is 42.5 Å². The zero-order valence-corrected chi connectivity index (χ0v) is 24.7. The summed E-state index contributed by atoms with van der Waals surface area (Å²) in [4.78, 5) is 24.9. The molecule has 6 nitrogen and oxygen atoms in total. The number of carbonyl (C=O) groups excluding carboxylic acids is 2. The normalized spacial score (nSPS) is 11.1. The van der Waals surface area contributed by atoms with E-state index >= 15 is 0 Å². The van der Waals surface area contributed by atoms with E-state index < -0.39 is 5.97 Å². The molecule has 0 saturated carbocycles. The van der Waals surface area contributed by atoms with Crippen molar-refractivity contribution < 1.29 is 19.4 Å². The topological polar surface area (TPSA) is 78.9 Å². The van der Waals surface area contributed by atoms with Crippen molar-refractivity contribution in [3.63, 3.8) is 0 Å². The van der Waals surface area contributed by atoms with Crippen molar-refractivity contribution in [1.82, 2.24) is 4.90 Å². The Morgan fingerprint density at radius 1 is 0.810 bits per heavy atom. The zero-order chi connectivity index (χ0) is 29.2. The number of hydrogen-bond donors (Lipinski definition) is 2. The number of halogens is 1. The molecule has 0 aliphatic heterocycles. The number of rotatable bonds is 6. The van der Waals surface area contributed by atoms with Gasteiger partial charge in [-0.05, 0) is 84.7 Å². The third kappa shape index (κ3) is 8.67. The second-order valence-electron chi connectivity index (χ2n) is 9.83. The largest absolute Gasteiger partial charge is 0.507 e. The number of ether oxygens (including phenoxy) is 1. The lowest BCUT2D eigenvalue weighted by atomic mass is 9.93. The molecule has 0 unspecified atom stereocenters. The molecular weight excluding hydrogens is 548 g/mol. The Hall–Kier alpha value is -4.65. The van der Waals surface area contributed by atoms with E-state index in [0.29, 0.717) is 11.4 Å². The van der Waals surface area contributed by atoms with Gasteiger partial charge in [-0.2, -0.15) is 0 Å². The van der Waals surface area contributed by atoms with Crippen LogP contribution in [0.3, 0.4) is 0 Å². The minimum Gasteiger partial charge on any atom is -0.507 e. The highest BCUT2D eigenvalue weighted by atomic mass is 35.5. The Bertz CT molecular complexity index is 1520. The van der Waals surface area contributed by atoms with Gasteiger partial charge in [0.2, 0.25) is 5.91 Å². The summed E-state index contributed by atoms with van der Waals surface area (Å²) in [5, 5.41) is 12.2. The monoisotopic (exact) mass is 582 g/mol. The number of nitrogens with zero attached hydrogens (tertiary/aromatic N) is 1. The quantitative estimate of drug-likeness (QED) is 0.160. The lowest BCUT2D eigenvalue weighted by Crippen LogP contribution is -2.12. The van der Waals surface area contributed by atoms with Gasteiger partial charge in [0, 0.05) is 19.2 Å². The molecule has 5 rings (SSSR count). The van der Waals surface area contributed by atoms with Crippen molar-refractivity contribution in [2.45, 2.75) is 13.3 Å². The van der Waals surface area contributed by atoms with E-state index in [9.17, 15) is 14.7 Å². The Morgan fingerprint density at radius 3 is 1.90 bits per heavy atom. The zero-order valence-electron chi connectivity index (χ0n) is 23.9. The highest BCUT2D eigenvalue weighted by Gasteiger charge is 2.14. The van der Waals surface area contributed by atoms with Crippen LogP contribution in [0.4, 0.5) is 5.69 Å². The number of fused-ring (bicyclic) bond motifs is 2. The van der Waals surface area contributed by atoms with E-state index in [1.54, 1.807) is 36.4 Å². The molecule has 216 valence electrons. The van der Waals surface area contributed by atoms with Gasteiger partial charge >= 0.3 is 5.97 Å². The van der Waals surface area contributed by atoms with Gasteiger partial charge in [-0.15, -0.1) is 12.4 Å². The van der Waals surface area contributed by atoms with E-state index in [1.165, 1.54) is 46.9 Å². The van der Waals surface area contributed by atoms with Crippen LogP contribution in [-0.2, 0) is 4.79 Å². The Kier molecular flexibility index (Phi) is 11.7. The van der Waals surface area contributed by atoms with Gasteiger partial charge in [-0.3, -0.25) is 4.79 Å². The molecule has 42 heavy (non-hydrogen) atoms. The number of benzene rings is 4. The van der Waals surface area contributed by atoms with E-state index in [2.05, 4.69) is 91.1 Å². The van der Waals surface area contributed by atoms with Gasteiger partial charge in [0.05, 0.1) is 0 Å². The van der Waals surface area contributed by atoms with Crippen molar-refractivity contribution in [2.75, 3.05) is 26.0 Å². The van der Waals surface area contributed by atoms with Gasteiger partial charge in [0.1, 0.15) is 17.1 Å². The summed E-state index contributed by atoms with van der Waals surface area (Å²) in [5.74, 6) is -0.626. The first-order valence-corrected chi connectivity index (χ1v) is 13.4. The molecule has 0 radical (unpaired) electrons. The number of amides is 1. The molecule has 1 aliphatic carbocycles. The van der Waals surface area contributed by atoms with Crippen LogP contribution in [0, 0.1) is 0 Å². The molecule has 0 bridgehead atoms. The Morgan fingerprint density at radius 2 is 1.36 bits per heavy atom. The van der Waals surface area contributed by atoms with E-state index in [0.717, 1.165) is 13.0 Å². The highest BCUT2D eigenvalue weighted by Crippen LogP contribution is 2.33. The van der Waals surface area contributed by atoms with Crippen LogP contribution in [0.25, 0.3) is 17.7 Å². The molecule has 0 fully saturated rings. The predicted molar refractivity (Wildman–Crippen MR) is 173 cm³/mol. The van der Waals surface area contributed by atoms with E-state index in [1.807, 2.05) is 0 Å². The van der Waals surface area contributed by atoms with E-state index in [4.69, 9.17) is 4.74 Å². The lowest BCUT2D eigenvalue weighted by molar-refractivity contribution is -0.114. The molecule has 1 aliphatic rings. The average Bonchev–Trinajstić information content (AvgIpc) is 3.11. The summed E-state index contributed by atoms with van der Waals surface area (Å²) in [6.07, 6.45) is 7.89. The fraction of sp³-hybridized carbons (Fsp3) is 0.143. The van der Waals surface area contributed by atoms with Crippen molar-refractivity contribution in [3.8, 4) is 11.5 Å². The van der Waals surface area contributed by atoms with Crippen molar-refractivity contribution in [1.29, 1.82) is 0 Å². The first-order valence-electron chi connectivity index (χ1n) is 13.4. The first kappa shape index (κ1) is 31.9. The smallest absolute Gasteiger partial charge is 0.347 e. The molecule has 0 saturated heterocycles. The summed E-state index contributed by atoms with van der Waals surface area (Å²) in [5.41, 5.74) is 7.32. The molecule has 4 aromatic rings. The fourth-order valence-corrected chi connectivity index (χ4v) is 4.40.